The zero-order valence-electron chi connectivity index (χ0n) is 5.18. The zero-order chi connectivity index (χ0) is 7.98. The fourth-order valence-electron chi connectivity index (χ4n) is 0.439. The molecular formula is C7H6ClFO. The minimum atomic E-state index is -0.367. The van der Waals surface area contributed by atoms with Crippen LogP contribution in [0, 0.1) is 5.82 Å². The second-order valence-electron chi connectivity index (χ2n) is 1.41. The Balaban J connectivity index is 0.000000371. The maximum atomic E-state index is 12.2. The molecule has 0 aliphatic carbocycles. The highest BCUT2D eigenvalue weighted by atomic mass is 35.5. The van der Waals surface area contributed by atoms with Crippen molar-refractivity contribution in [3.63, 3.8) is 0 Å². The van der Waals surface area contributed by atoms with E-state index in [-0.39, 0.29) is 10.8 Å². The molecular weight excluding hydrogens is 155 g/mol. The number of rotatable bonds is 0. The monoisotopic (exact) mass is 160 g/mol. The van der Waals surface area contributed by atoms with Gasteiger partial charge >= 0.3 is 0 Å². The smallest absolute Gasteiger partial charge is 0.141 e. The van der Waals surface area contributed by atoms with Gasteiger partial charge < -0.3 is 4.79 Å². The van der Waals surface area contributed by atoms with E-state index in [4.69, 9.17) is 16.4 Å². The molecule has 0 heterocycles. The second-order valence-corrected chi connectivity index (χ2v) is 1.82. The van der Waals surface area contributed by atoms with Crippen LogP contribution in [0.2, 0.25) is 5.02 Å². The van der Waals surface area contributed by atoms with Crippen molar-refractivity contribution in [1.29, 1.82) is 0 Å². The maximum Gasteiger partial charge on any atom is 0.141 e. The van der Waals surface area contributed by atoms with Crippen LogP contribution < -0.4 is 0 Å². The zero-order valence-corrected chi connectivity index (χ0v) is 5.94. The molecule has 0 saturated carbocycles. The van der Waals surface area contributed by atoms with E-state index in [9.17, 15) is 4.39 Å². The Morgan fingerprint density at radius 1 is 1.30 bits per heavy atom. The molecule has 10 heavy (non-hydrogen) atoms. The SMILES string of the molecule is C=O.Fc1ccccc1Cl. The summed E-state index contributed by atoms with van der Waals surface area (Å²) in [6.45, 7) is 2.00. The van der Waals surface area contributed by atoms with Gasteiger partial charge in [-0.15, -0.1) is 0 Å². The molecule has 0 aromatic heterocycles. The lowest BCUT2D eigenvalue weighted by molar-refractivity contribution is -0.0979. The van der Waals surface area contributed by atoms with Crippen molar-refractivity contribution in [1.82, 2.24) is 0 Å². The number of hydrogen-bond acceptors (Lipinski definition) is 1. The van der Waals surface area contributed by atoms with Crippen molar-refractivity contribution >= 4 is 18.4 Å². The van der Waals surface area contributed by atoms with Gasteiger partial charge in [-0.1, -0.05) is 23.7 Å². The van der Waals surface area contributed by atoms with E-state index in [2.05, 4.69) is 0 Å². The molecule has 54 valence electrons. The molecule has 0 N–H and O–H groups in total. The fourth-order valence-corrected chi connectivity index (χ4v) is 0.575. The van der Waals surface area contributed by atoms with Crippen LogP contribution >= 0.6 is 11.6 Å². The molecule has 1 nitrogen and oxygen atoms in total. The van der Waals surface area contributed by atoms with Crippen LogP contribution in [0.25, 0.3) is 0 Å². The summed E-state index contributed by atoms with van der Waals surface area (Å²) in [5.74, 6) is -0.367. The first-order valence-corrected chi connectivity index (χ1v) is 2.87. The van der Waals surface area contributed by atoms with Crippen molar-refractivity contribution in [3.8, 4) is 0 Å². The molecule has 1 aromatic carbocycles. The summed E-state index contributed by atoms with van der Waals surface area (Å²) < 4.78 is 12.2. The summed E-state index contributed by atoms with van der Waals surface area (Å²) in [6, 6.07) is 6.12. The molecule has 0 aliphatic rings. The lowest BCUT2D eigenvalue weighted by Crippen LogP contribution is -1.70. The molecule has 0 aliphatic heterocycles. The van der Waals surface area contributed by atoms with Gasteiger partial charge in [0.1, 0.15) is 12.6 Å². The molecule has 0 radical (unpaired) electrons. The van der Waals surface area contributed by atoms with E-state index >= 15 is 0 Å². The van der Waals surface area contributed by atoms with Gasteiger partial charge in [-0.3, -0.25) is 0 Å². The van der Waals surface area contributed by atoms with Crippen molar-refractivity contribution in [2.24, 2.45) is 0 Å². The van der Waals surface area contributed by atoms with Gasteiger partial charge in [0, 0.05) is 0 Å². The Morgan fingerprint density at radius 2 is 1.80 bits per heavy atom. The Morgan fingerprint density at radius 3 is 2.10 bits per heavy atom. The average molecular weight is 161 g/mol. The van der Waals surface area contributed by atoms with Crippen molar-refractivity contribution in [2.45, 2.75) is 0 Å². The number of hydrogen-bond donors (Lipinski definition) is 0. The largest absolute Gasteiger partial charge is 0.307 e. The minimum Gasteiger partial charge on any atom is -0.307 e. The predicted molar refractivity (Wildman–Crippen MR) is 38.5 cm³/mol. The van der Waals surface area contributed by atoms with Crippen molar-refractivity contribution < 1.29 is 9.18 Å². The van der Waals surface area contributed by atoms with Crippen molar-refractivity contribution in [2.75, 3.05) is 0 Å². The summed E-state index contributed by atoms with van der Waals surface area (Å²) >= 11 is 5.33. The van der Waals surface area contributed by atoms with Gasteiger partial charge in [0.2, 0.25) is 0 Å². The molecule has 1 aromatic rings. The quantitative estimate of drug-likeness (QED) is 0.569. The van der Waals surface area contributed by atoms with Crippen LogP contribution in [0.1, 0.15) is 0 Å². The molecule has 1 rings (SSSR count). The Bertz CT molecular complexity index is 182. The van der Waals surface area contributed by atoms with E-state index in [1.54, 1.807) is 12.1 Å². The second kappa shape index (κ2) is 4.94. The van der Waals surface area contributed by atoms with E-state index in [1.165, 1.54) is 12.1 Å². The first-order chi connectivity index (χ1) is 4.80. The van der Waals surface area contributed by atoms with Gasteiger partial charge in [0.25, 0.3) is 0 Å². The molecule has 0 bridgehead atoms. The van der Waals surface area contributed by atoms with E-state index in [0.29, 0.717) is 0 Å². The lowest BCUT2D eigenvalue weighted by atomic mass is 10.4. The van der Waals surface area contributed by atoms with Crippen LogP contribution in [-0.2, 0) is 4.79 Å². The fraction of sp³-hybridized carbons (Fsp3) is 0. The van der Waals surface area contributed by atoms with E-state index in [1.807, 2.05) is 6.79 Å². The summed E-state index contributed by atoms with van der Waals surface area (Å²) in [4.78, 5) is 8.00. The third kappa shape index (κ3) is 2.60. The highest BCUT2D eigenvalue weighted by Crippen LogP contribution is 2.11. The molecule has 0 amide bonds. The molecule has 0 unspecified atom stereocenters. The molecule has 0 saturated heterocycles. The number of halogens is 2. The summed E-state index contributed by atoms with van der Waals surface area (Å²) in [5, 5.41) is 0.174. The normalized spacial score (nSPS) is 7.80. The standard InChI is InChI=1S/C6H4ClF.CH2O/c7-5-3-1-2-4-6(5)8;1-2/h1-4H;1H2. The third-order valence-electron chi connectivity index (χ3n) is 0.824. The van der Waals surface area contributed by atoms with Gasteiger partial charge in [-0.05, 0) is 12.1 Å². The summed E-state index contributed by atoms with van der Waals surface area (Å²) in [7, 11) is 0. The predicted octanol–water partition coefficient (Wildman–Crippen LogP) is 2.29. The number of carbonyl (C=O) groups excluding carboxylic acids is 1. The average Bonchev–Trinajstić information content (AvgIpc) is 2.00. The van der Waals surface area contributed by atoms with Crippen LogP contribution in [0.4, 0.5) is 4.39 Å². The Kier molecular flexibility index (Phi) is 4.50. The summed E-state index contributed by atoms with van der Waals surface area (Å²) in [6.07, 6.45) is 0. The lowest BCUT2D eigenvalue weighted by Gasteiger charge is -1.86. The van der Waals surface area contributed by atoms with E-state index < -0.39 is 0 Å². The molecule has 0 fully saturated rings. The van der Waals surface area contributed by atoms with Crippen LogP contribution in [0.5, 0.6) is 0 Å². The first kappa shape index (κ1) is 9.11. The molecule has 0 spiro atoms. The van der Waals surface area contributed by atoms with Gasteiger partial charge in [-0.2, -0.15) is 0 Å². The van der Waals surface area contributed by atoms with E-state index in [0.717, 1.165) is 0 Å². The molecule has 0 atom stereocenters. The van der Waals surface area contributed by atoms with Gasteiger partial charge in [0.05, 0.1) is 5.02 Å². The number of carbonyl (C=O) groups is 1. The highest BCUT2D eigenvalue weighted by molar-refractivity contribution is 6.30. The first-order valence-electron chi connectivity index (χ1n) is 2.49. The van der Waals surface area contributed by atoms with Crippen LogP contribution in [0.3, 0.4) is 0 Å². The molecule has 3 heteroatoms. The third-order valence-corrected chi connectivity index (χ3v) is 1.13. The Hall–Kier alpha value is -0.890. The topological polar surface area (TPSA) is 17.1 Å². The van der Waals surface area contributed by atoms with Crippen molar-refractivity contribution in [3.05, 3.63) is 35.1 Å². The maximum absolute atomic E-state index is 12.2. The number of benzene rings is 1. The van der Waals surface area contributed by atoms with Gasteiger partial charge in [0.15, 0.2) is 0 Å². The van der Waals surface area contributed by atoms with Crippen LogP contribution in [0.15, 0.2) is 24.3 Å². The highest BCUT2D eigenvalue weighted by Gasteiger charge is 1.91. The summed E-state index contributed by atoms with van der Waals surface area (Å²) in [5.41, 5.74) is 0. The van der Waals surface area contributed by atoms with Gasteiger partial charge in [-0.25, -0.2) is 4.39 Å². The van der Waals surface area contributed by atoms with Crippen LogP contribution in [-0.4, -0.2) is 6.79 Å². The Labute approximate surface area is 63.4 Å². The minimum absolute atomic E-state index is 0.174.